The number of halogens is 1. The van der Waals surface area contributed by atoms with Crippen molar-refractivity contribution >= 4 is 28.5 Å². The van der Waals surface area contributed by atoms with Crippen LogP contribution in [-0.2, 0) is 0 Å². The topological polar surface area (TPSA) is 81.2 Å². The van der Waals surface area contributed by atoms with Crippen LogP contribution in [0.2, 0.25) is 5.02 Å². The van der Waals surface area contributed by atoms with E-state index in [1.165, 1.54) is 6.42 Å². The van der Waals surface area contributed by atoms with Gasteiger partial charge in [-0.25, -0.2) is 4.79 Å². The van der Waals surface area contributed by atoms with Crippen molar-refractivity contribution in [1.29, 1.82) is 0 Å². The summed E-state index contributed by atoms with van der Waals surface area (Å²) in [5.74, 6) is 0.312. The molecule has 4 rings (SSSR count). The summed E-state index contributed by atoms with van der Waals surface area (Å²) in [5.41, 5.74) is 1.27. The number of likely N-dealkylation sites (tertiary alicyclic amines) is 1. The molecular weight excluding hydrogens is 376 g/mol. The number of nitrogens with zero attached hydrogens (tertiary/aromatic N) is 2. The molecule has 3 N–H and O–H groups in total. The number of carbonyl (C=O) groups excluding carboxylic acids is 1. The molecule has 1 saturated heterocycles. The highest BCUT2D eigenvalue weighted by molar-refractivity contribution is 6.31. The molecule has 152 valence electrons. The lowest BCUT2D eigenvalue weighted by Gasteiger charge is -2.43. The van der Waals surface area contributed by atoms with E-state index >= 15 is 0 Å². The second-order valence-electron chi connectivity index (χ2n) is 8.89. The first-order valence-corrected chi connectivity index (χ1v) is 10.6. The number of aliphatic hydroxyl groups excluding tert-OH is 1. The summed E-state index contributed by atoms with van der Waals surface area (Å²) in [4.78, 5) is 14.3. The van der Waals surface area contributed by atoms with Gasteiger partial charge in [-0.15, -0.1) is 0 Å². The minimum atomic E-state index is -0.672. The highest BCUT2D eigenvalue weighted by Gasteiger charge is 2.40. The Labute approximate surface area is 170 Å². The van der Waals surface area contributed by atoms with Gasteiger partial charge in [0.05, 0.1) is 17.8 Å². The molecule has 0 radical (unpaired) electrons. The van der Waals surface area contributed by atoms with Crippen LogP contribution in [0.3, 0.4) is 0 Å². The van der Waals surface area contributed by atoms with E-state index in [-0.39, 0.29) is 11.4 Å². The minimum Gasteiger partial charge on any atom is -0.388 e. The fraction of sp³-hybridized carbons (Fsp3) is 0.619. The summed E-state index contributed by atoms with van der Waals surface area (Å²) in [6, 6.07) is 4.11. The molecule has 1 unspecified atom stereocenters. The molecule has 1 atom stereocenters. The molecule has 1 saturated carbocycles. The third-order valence-corrected chi connectivity index (χ3v) is 7.03. The molecule has 0 bridgehead atoms. The molecule has 2 aliphatic rings. The first kappa shape index (κ1) is 19.5. The minimum absolute atomic E-state index is 0.0653. The number of amides is 2. The van der Waals surface area contributed by atoms with Crippen molar-refractivity contribution in [3.63, 3.8) is 0 Å². The molecule has 0 spiro atoms. The highest BCUT2D eigenvalue weighted by atomic mass is 35.5. The van der Waals surface area contributed by atoms with Gasteiger partial charge in [-0.05, 0) is 55.6 Å². The largest absolute Gasteiger partial charge is 0.388 e. The molecule has 2 aromatic rings. The van der Waals surface area contributed by atoms with E-state index in [1.807, 2.05) is 17.0 Å². The maximum Gasteiger partial charge on any atom is 0.317 e. The van der Waals surface area contributed by atoms with Crippen molar-refractivity contribution in [3.8, 4) is 0 Å². The highest BCUT2D eigenvalue weighted by Crippen LogP contribution is 2.46. The Morgan fingerprint density at radius 2 is 2.04 bits per heavy atom. The Morgan fingerprint density at radius 1 is 1.32 bits per heavy atom. The molecule has 1 aromatic heterocycles. The van der Waals surface area contributed by atoms with Gasteiger partial charge < -0.3 is 15.3 Å². The molecule has 1 aliphatic carbocycles. The zero-order chi connectivity index (χ0) is 19.9. The number of carbonyl (C=O) groups is 1. The quantitative estimate of drug-likeness (QED) is 0.712. The van der Waals surface area contributed by atoms with Gasteiger partial charge in [0.15, 0.2) is 0 Å². The van der Waals surface area contributed by atoms with Crippen molar-refractivity contribution in [3.05, 3.63) is 28.9 Å². The molecule has 2 fully saturated rings. The summed E-state index contributed by atoms with van der Waals surface area (Å²) in [6.07, 6.45) is 6.24. The van der Waals surface area contributed by atoms with Gasteiger partial charge in [0.1, 0.15) is 0 Å². The van der Waals surface area contributed by atoms with Crippen LogP contribution in [0.5, 0.6) is 0 Å². The SMILES string of the molecule is CC(C)(C1CCN(C(=O)NC2CCC2)CC1)C(O)c1cc(Cl)cc2cn[nH]c12. The number of aromatic nitrogens is 2. The lowest BCUT2D eigenvalue weighted by molar-refractivity contribution is -0.0145. The Kier molecular flexibility index (Phi) is 5.27. The fourth-order valence-electron chi connectivity index (χ4n) is 4.53. The zero-order valence-electron chi connectivity index (χ0n) is 16.5. The van der Waals surface area contributed by atoms with Crippen molar-refractivity contribution in [1.82, 2.24) is 20.4 Å². The first-order valence-electron chi connectivity index (χ1n) is 10.2. The Bertz CT molecular complexity index is 853. The van der Waals surface area contributed by atoms with Gasteiger partial charge in [0.2, 0.25) is 0 Å². The van der Waals surface area contributed by atoms with Crippen LogP contribution in [0.4, 0.5) is 4.79 Å². The van der Waals surface area contributed by atoms with E-state index in [1.54, 1.807) is 6.20 Å². The smallest absolute Gasteiger partial charge is 0.317 e. The lowest BCUT2D eigenvalue weighted by atomic mass is 9.68. The van der Waals surface area contributed by atoms with Crippen LogP contribution < -0.4 is 5.32 Å². The predicted octanol–water partition coefficient (Wildman–Crippen LogP) is 4.25. The molecule has 2 heterocycles. The number of nitrogens with one attached hydrogen (secondary N) is 2. The van der Waals surface area contributed by atoms with Crippen LogP contribution in [0.1, 0.15) is 57.6 Å². The zero-order valence-corrected chi connectivity index (χ0v) is 17.3. The molecule has 1 aromatic carbocycles. The number of fused-ring (bicyclic) bond motifs is 1. The number of aromatic amines is 1. The van der Waals surface area contributed by atoms with E-state index in [2.05, 4.69) is 29.4 Å². The van der Waals surface area contributed by atoms with E-state index in [0.717, 1.165) is 55.2 Å². The molecule has 2 amide bonds. The summed E-state index contributed by atoms with van der Waals surface area (Å²) in [6.45, 7) is 5.67. The van der Waals surface area contributed by atoms with Crippen LogP contribution in [0.15, 0.2) is 18.3 Å². The fourth-order valence-corrected chi connectivity index (χ4v) is 4.77. The summed E-state index contributed by atoms with van der Waals surface area (Å²) < 4.78 is 0. The molecule has 1 aliphatic heterocycles. The van der Waals surface area contributed by atoms with Crippen LogP contribution in [0.25, 0.3) is 10.9 Å². The second-order valence-corrected chi connectivity index (χ2v) is 9.33. The number of benzene rings is 1. The van der Waals surface area contributed by atoms with Gasteiger partial charge in [0.25, 0.3) is 0 Å². The van der Waals surface area contributed by atoms with Crippen LogP contribution >= 0.6 is 11.6 Å². The maximum atomic E-state index is 12.4. The number of rotatable bonds is 4. The van der Waals surface area contributed by atoms with Gasteiger partial charge >= 0.3 is 6.03 Å². The van der Waals surface area contributed by atoms with Crippen molar-refractivity contribution in [2.24, 2.45) is 11.3 Å². The Morgan fingerprint density at radius 3 is 2.68 bits per heavy atom. The summed E-state index contributed by atoms with van der Waals surface area (Å²) in [5, 5.41) is 23.0. The van der Waals surface area contributed by atoms with Crippen LogP contribution in [-0.4, -0.2) is 45.4 Å². The van der Waals surface area contributed by atoms with Crippen molar-refractivity contribution in [2.45, 2.75) is 58.1 Å². The summed E-state index contributed by atoms with van der Waals surface area (Å²) >= 11 is 6.27. The number of aliphatic hydroxyl groups is 1. The molecule has 7 heteroatoms. The van der Waals surface area contributed by atoms with E-state index < -0.39 is 6.10 Å². The second kappa shape index (κ2) is 7.56. The average Bonchev–Trinajstić information content (AvgIpc) is 3.11. The molecular formula is C21H29ClN4O2. The summed E-state index contributed by atoms with van der Waals surface area (Å²) in [7, 11) is 0. The van der Waals surface area contributed by atoms with Crippen molar-refractivity contribution in [2.75, 3.05) is 13.1 Å². The van der Waals surface area contributed by atoms with Crippen molar-refractivity contribution < 1.29 is 9.90 Å². The van der Waals surface area contributed by atoms with Gasteiger partial charge in [-0.2, -0.15) is 5.10 Å². The van der Waals surface area contributed by atoms with Crippen LogP contribution in [0, 0.1) is 11.3 Å². The van der Waals surface area contributed by atoms with E-state index in [0.29, 0.717) is 17.0 Å². The molecule has 6 nitrogen and oxygen atoms in total. The molecule has 28 heavy (non-hydrogen) atoms. The number of hydrogen-bond acceptors (Lipinski definition) is 3. The van der Waals surface area contributed by atoms with Gasteiger partial charge in [0, 0.05) is 35.1 Å². The third kappa shape index (κ3) is 3.60. The van der Waals surface area contributed by atoms with E-state index in [9.17, 15) is 9.90 Å². The monoisotopic (exact) mass is 404 g/mol. The van der Waals surface area contributed by atoms with Gasteiger partial charge in [-0.1, -0.05) is 25.4 Å². The number of urea groups is 1. The first-order chi connectivity index (χ1) is 13.4. The standard InChI is InChI=1S/C21H29ClN4O2/c1-21(2,19(27)17-11-15(22)10-13-12-23-25-18(13)17)14-6-8-26(9-7-14)20(28)24-16-4-3-5-16/h10-12,14,16,19,27H,3-9H2,1-2H3,(H,23,25)(H,24,28). The van der Waals surface area contributed by atoms with E-state index in [4.69, 9.17) is 11.6 Å². The normalized spacial score (nSPS) is 20.2. The van der Waals surface area contributed by atoms with Gasteiger partial charge in [-0.3, -0.25) is 5.10 Å². The number of hydrogen-bond donors (Lipinski definition) is 3. The average molecular weight is 405 g/mol. The maximum absolute atomic E-state index is 12.4. The Balaban J connectivity index is 1.44. The number of H-pyrrole nitrogens is 1. The Hall–Kier alpha value is -1.79. The number of piperidine rings is 1. The lowest BCUT2D eigenvalue weighted by Crippen LogP contribution is -2.51. The predicted molar refractivity (Wildman–Crippen MR) is 110 cm³/mol. The third-order valence-electron chi connectivity index (χ3n) is 6.81.